The first-order valence-corrected chi connectivity index (χ1v) is 6.73. The minimum Gasteiger partial charge on any atom is -0.391 e. The van der Waals surface area contributed by atoms with Crippen molar-refractivity contribution in [2.24, 2.45) is 0 Å². The second-order valence-electron chi connectivity index (χ2n) is 4.94. The first-order chi connectivity index (χ1) is 10.9. The highest BCUT2D eigenvalue weighted by molar-refractivity contribution is 5.71. The summed E-state index contributed by atoms with van der Waals surface area (Å²) in [5.41, 5.74) is 2.18. The molecular weight excluding hydrogens is 300 g/mol. The summed E-state index contributed by atoms with van der Waals surface area (Å²) >= 11 is 0. The summed E-state index contributed by atoms with van der Waals surface area (Å²) in [5, 5.41) is 30.8. The number of aryl methyl sites for hydroxylation is 1. The Balaban J connectivity index is 2.28. The summed E-state index contributed by atoms with van der Waals surface area (Å²) in [4.78, 5) is 20.6. The molecule has 118 valence electrons. The molecule has 0 saturated carbocycles. The Hall–Kier alpha value is -3.06. The van der Waals surface area contributed by atoms with E-state index in [9.17, 15) is 25.3 Å². The van der Waals surface area contributed by atoms with Crippen LogP contribution in [0, 0.1) is 27.2 Å². The van der Waals surface area contributed by atoms with Crippen LogP contribution in [0.4, 0.5) is 11.4 Å². The van der Waals surface area contributed by atoms with Crippen LogP contribution in [-0.4, -0.2) is 15.0 Å². The highest BCUT2D eigenvalue weighted by atomic mass is 16.6. The van der Waals surface area contributed by atoms with Crippen molar-refractivity contribution in [3.8, 4) is 0 Å². The third-order valence-corrected chi connectivity index (χ3v) is 3.36. The van der Waals surface area contributed by atoms with Crippen molar-refractivity contribution in [1.82, 2.24) is 0 Å². The van der Waals surface area contributed by atoms with Gasteiger partial charge in [-0.2, -0.15) is 0 Å². The molecule has 0 bridgehead atoms. The Morgan fingerprint density at radius 1 is 0.957 bits per heavy atom. The van der Waals surface area contributed by atoms with Crippen molar-refractivity contribution in [2.45, 2.75) is 13.5 Å². The largest absolute Gasteiger partial charge is 0.391 e. The van der Waals surface area contributed by atoms with E-state index in [2.05, 4.69) is 0 Å². The molecule has 2 rings (SSSR count). The fraction of sp³-hybridized carbons (Fsp3) is 0.125. The summed E-state index contributed by atoms with van der Waals surface area (Å²) in [6.45, 7) is 1.24. The van der Waals surface area contributed by atoms with Crippen LogP contribution < -0.4 is 0 Å². The highest BCUT2D eigenvalue weighted by Gasteiger charge is 2.12. The summed E-state index contributed by atoms with van der Waals surface area (Å²) in [7, 11) is 0. The molecule has 0 radical (unpaired) electrons. The van der Waals surface area contributed by atoms with Crippen LogP contribution >= 0.6 is 0 Å². The SMILES string of the molecule is Cc1cc(C=Cc2ccc([N+](=O)[O-])c(CO)c2)ccc1[N+](=O)[O-]. The van der Waals surface area contributed by atoms with E-state index in [0.717, 1.165) is 5.56 Å². The third-order valence-electron chi connectivity index (χ3n) is 3.36. The molecule has 1 N–H and O–H groups in total. The Kier molecular flexibility index (Phi) is 4.82. The molecule has 2 aromatic rings. The van der Waals surface area contributed by atoms with Gasteiger partial charge in [0.2, 0.25) is 0 Å². The molecule has 0 aliphatic heterocycles. The van der Waals surface area contributed by atoms with E-state index in [-0.39, 0.29) is 16.9 Å². The lowest BCUT2D eigenvalue weighted by Crippen LogP contribution is -1.95. The number of hydrogen-bond acceptors (Lipinski definition) is 5. The van der Waals surface area contributed by atoms with Gasteiger partial charge in [0.15, 0.2) is 0 Å². The maximum absolute atomic E-state index is 10.8. The predicted molar refractivity (Wildman–Crippen MR) is 85.8 cm³/mol. The fourth-order valence-electron chi connectivity index (χ4n) is 2.19. The van der Waals surface area contributed by atoms with E-state index in [4.69, 9.17) is 0 Å². The van der Waals surface area contributed by atoms with Crippen LogP contribution in [0.2, 0.25) is 0 Å². The van der Waals surface area contributed by atoms with Crippen molar-refractivity contribution in [2.75, 3.05) is 0 Å². The smallest absolute Gasteiger partial charge is 0.274 e. The van der Waals surface area contributed by atoms with Gasteiger partial charge in [0, 0.05) is 17.7 Å². The van der Waals surface area contributed by atoms with Gasteiger partial charge >= 0.3 is 0 Å². The molecule has 0 fully saturated rings. The van der Waals surface area contributed by atoms with Crippen LogP contribution in [0.1, 0.15) is 22.3 Å². The van der Waals surface area contributed by atoms with Crippen molar-refractivity contribution >= 4 is 23.5 Å². The van der Waals surface area contributed by atoms with Gasteiger partial charge in [0.05, 0.1) is 22.0 Å². The zero-order valence-corrected chi connectivity index (χ0v) is 12.3. The van der Waals surface area contributed by atoms with Crippen LogP contribution in [0.25, 0.3) is 12.2 Å². The summed E-state index contributed by atoms with van der Waals surface area (Å²) < 4.78 is 0. The zero-order chi connectivity index (χ0) is 17.0. The molecule has 0 aliphatic carbocycles. The lowest BCUT2D eigenvalue weighted by Gasteiger charge is -2.02. The van der Waals surface area contributed by atoms with E-state index >= 15 is 0 Å². The van der Waals surface area contributed by atoms with Crippen molar-refractivity contribution in [3.63, 3.8) is 0 Å². The number of nitrogens with zero attached hydrogens (tertiary/aromatic N) is 2. The Morgan fingerprint density at radius 2 is 1.48 bits per heavy atom. The van der Waals surface area contributed by atoms with Gasteiger partial charge < -0.3 is 5.11 Å². The maximum Gasteiger partial charge on any atom is 0.274 e. The summed E-state index contributed by atoms with van der Waals surface area (Å²) in [6, 6.07) is 9.20. The molecule has 7 nitrogen and oxygen atoms in total. The summed E-state index contributed by atoms with van der Waals surface area (Å²) in [5.74, 6) is 0. The molecule has 2 aromatic carbocycles. The van der Waals surface area contributed by atoms with E-state index < -0.39 is 16.5 Å². The van der Waals surface area contributed by atoms with Gasteiger partial charge in [0.25, 0.3) is 11.4 Å². The minimum absolute atomic E-state index is 0.0556. The number of hydrogen-bond donors (Lipinski definition) is 1. The number of rotatable bonds is 5. The third kappa shape index (κ3) is 3.78. The predicted octanol–water partition coefficient (Wildman–Crippen LogP) is 3.47. The standard InChI is InChI=1S/C16H14N2O5/c1-11-8-12(4-6-15(11)17(20)21)2-3-13-5-7-16(18(22)23)14(9-13)10-19/h2-9,19H,10H2,1H3. The topological polar surface area (TPSA) is 107 Å². The van der Waals surface area contributed by atoms with Gasteiger partial charge in [0.1, 0.15) is 0 Å². The number of aliphatic hydroxyl groups excluding tert-OH is 1. The Morgan fingerprint density at radius 3 is 1.96 bits per heavy atom. The average molecular weight is 314 g/mol. The molecule has 7 heteroatoms. The van der Waals surface area contributed by atoms with Gasteiger partial charge in [-0.05, 0) is 42.3 Å². The van der Waals surface area contributed by atoms with Crippen LogP contribution in [-0.2, 0) is 6.61 Å². The second-order valence-corrected chi connectivity index (χ2v) is 4.94. The lowest BCUT2D eigenvalue weighted by molar-refractivity contribution is -0.385. The van der Waals surface area contributed by atoms with Crippen molar-refractivity contribution in [1.29, 1.82) is 0 Å². The van der Waals surface area contributed by atoms with Crippen LogP contribution in [0.3, 0.4) is 0 Å². The minimum atomic E-state index is -0.543. The fourth-order valence-corrected chi connectivity index (χ4v) is 2.19. The van der Waals surface area contributed by atoms with Gasteiger partial charge in [-0.15, -0.1) is 0 Å². The normalized spacial score (nSPS) is 10.9. The van der Waals surface area contributed by atoms with E-state index in [0.29, 0.717) is 11.1 Å². The first kappa shape index (κ1) is 16.3. The molecular formula is C16H14N2O5. The monoisotopic (exact) mass is 314 g/mol. The van der Waals surface area contributed by atoms with E-state index in [1.807, 2.05) is 0 Å². The highest BCUT2D eigenvalue weighted by Crippen LogP contribution is 2.23. The zero-order valence-electron chi connectivity index (χ0n) is 12.3. The van der Waals surface area contributed by atoms with Crippen molar-refractivity contribution in [3.05, 3.63) is 78.9 Å². The second kappa shape index (κ2) is 6.80. The molecule has 23 heavy (non-hydrogen) atoms. The molecule has 0 aliphatic rings. The molecule has 0 aromatic heterocycles. The Bertz CT molecular complexity index is 799. The van der Waals surface area contributed by atoms with E-state index in [1.165, 1.54) is 18.2 Å². The number of nitro groups is 2. The summed E-state index contributed by atoms with van der Waals surface area (Å²) in [6.07, 6.45) is 3.47. The first-order valence-electron chi connectivity index (χ1n) is 6.73. The quantitative estimate of drug-likeness (QED) is 0.516. The van der Waals surface area contributed by atoms with E-state index in [1.54, 1.807) is 37.3 Å². The Labute approximate surface area is 131 Å². The van der Waals surface area contributed by atoms with Crippen LogP contribution in [0.5, 0.6) is 0 Å². The van der Waals surface area contributed by atoms with Crippen molar-refractivity contribution < 1.29 is 15.0 Å². The number of benzene rings is 2. The van der Waals surface area contributed by atoms with Gasteiger partial charge in [-0.25, -0.2) is 0 Å². The molecule has 0 saturated heterocycles. The van der Waals surface area contributed by atoms with Gasteiger partial charge in [-0.1, -0.05) is 12.2 Å². The number of nitro benzene ring substituents is 2. The average Bonchev–Trinajstić information content (AvgIpc) is 2.52. The molecule has 0 heterocycles. The van der Waals surface area contributed by atoms with Gasteiger partial charge in [-0.3, -0.25) is 20.2 Å². The molecule has 0 unspecified atom stereocenters. The molecule has 0 atom stereocenters. The number of aliphatic hydroxyl groups is 1. The molecule has 0 spiro atoms. The lowest BCUT2D eigenvalue weighted by atomic mass is 10.1. The maximum atomic E-state index is 10.8. The van der Waals surface area contributed by atoms with Crippen LogP contribution in [0.15, 0.2) is 36.4 Å². The molecule has 0 amide bonds.